The number of fused-ring (bicyclic) bond motifs is 1. The molecule has 4 nitrogen and oxygen atoms in total. The molecular formula is C23H24ClFN4. The molecule has 0 aliphatic carbocycles. The SMILES string of the molecule is N#CC1(Cc2ccc(F)cc2)CCN(CCCn2cnc3cc(Cl)ccc32)CC1. The van der Waals surface area contributed by atoms with Gasteiger partial charge in [0.15, 0.2) is 0 Å². The van der Waals surface area contributed by atoms with Crippen LogP contribution in [0, 0.1) is 22.6 Å². The van der Waals surface area contributed by atoms with Gasteiger partial charge in [-0.3, -0.25) is 0 Å². The van der Waals surface area contributed by atoms with Crippen molar-refractivity contribution in [2.24, 2.45) is 5.41 Å². The van der Waals surface area contributed by atoms with Gasteiger partial charge in [0.05, 0.1) is 28.8 Å². The number of hydrogen-bond acceptors (Lipinski definition) is 3. The fourth-order valence-electron chi connectivity index (χ4n) is 4.21. The first-order valence-electron chi connectivity index (χ1n) is 10.1. The Morgan fingerprint density at radius 2 is 1.86 bits per heavy atom. The molecule has 0 N–H and O–H groups in total. The van der Waals surface area contributed by atoms with Crippen molar-refractivity contribution in [3.63, 3.8) is 0 Å². The molecular weight excluding hydrogens is 387 g/mol. The third-order valence-corrected chi connectivity index (χ3v) is 6.20. The summed E-state index contributed by atoms with van der Waals surface area (Å²) in [6.45, 7) is 3.77. The second kappa shape index (κ2) is 8.52. The Labute approximate surface area is 175 Å². The first-order chi connectivity index (χ1) is 14.1. The van der Waals surface area contributed by atoms with E-state index in [-0.39, 0.29) is 11.2 Å². The van der Waals surface area contributed by atoms with Crippen LogP contribution < -0.4 is 0 Å². The summed E-state index contributed by atoms with van der Waals surface area (Å²) in [5.41, 5.74) is 2.73. The van der Waals surface area contributed by atoms with Crippen LogP contribution in [0.2, 0.25) is 5.02 Å². The first kappa shape index (κ1) is 19.9. The third kappa shape index (κ3) is 4.60. The lowest BCUT2D eigenvalue weighted by molar-refractivity contribution is 0.142. The number of benzene rings is 2. The van der Waals surface area contributed by atoms with Gasteiger partial charge in [-0.15, -0.1) is 0 Å². The van der Waals surface area contributed by atoms with Crippen LogP contribution in [0.3, 0.4) is 0 Å². The van der Waals surface area contributed by atoms with E-state index in [4.69, 9.17) is 11.6 Å². The molecule has 0 saturated carbocycles. The summed E-state index contributed by atoms with van der Waals surface area (Å²) >= 11 is 6.03. The Hall–Kier alpha value is -2.42. The molecule has 1 aliphatic heterocycles. The normalized spacial score (nSPS) is 16.7. The molecule has 1 aromatic heterocycles. The number of hydrogen-bond donors (Lipinski definition) is 0. The number of likely N-dealkylation sites (tertiary alicyclic amines) is 1. The van der Waals surface area contributed by atoms with Crippen LogP contribution in [-0.2, 0) is 13.0 Å². The highest BCUT2D eigenvalue weighted by molar-refractivity contribution is 6.31. The Morgan fingerprint density at radius 1 is 1.10 bits per heavy atom. The topological polar surface area (TPSA) is 44.9 Å². The molecule has 0 unspecified atom stereocenters. The van der Waals surface area contributed by atoms with Gasteiger partial charge in [-0.05, 0) is 81.2 Å². The van der Waals surface area contributed by atoms with E-state index in [9.17, 15) is 9.65 Å². The van der Waals surface area contributed by atoms with Crippen molar-refractivity contribution in [1.29, 1.82) is 5.26 Å². The minimum absolute atomic E-state index is 0.233. The number of nitrogens with zero attached hydrogens (tertiary/aromatic N) is 4. The number of halogens is 2. The lowest BCUT2D eigenvalue weighted by Crippen LogP contribution is -2.41. The van der Waals surface area contributed by atoms with Crippen LogP contribution in [0.4, 0.5) is 4.39 Å². The van der Waals surface area contributed by atoms with Gasteiger partial charge >= 0.3 is 0 Å². The van der Waals surface area contributed by atoms with E-state index < -0.39 is 0 Å². The van der Waals surface area contributed by atoms with Gasteiger partial charge in [0, 0.05) is 11.6 Å². The van der Waals surface area contributed by atoms with Crippen LogP contribution in [0.15, 0.2) is 48.8 Å². The minimum Gasteiger partial charge on any atom is -0.331 e. The molecule has 1 fully saturated rings. The molecule has 1 aliphatic rings. The number of piperidine rings is 1. The van der Waals surface area contributed by atoms with Crippen molar-refractivity contribution in [3.05, 3.63) is 65.2 Å². The fraction of sp³-hybridized carbons (Fsp3) is 0.391. The van der Waals surface area contributed by atoms with Gasteiger partial charge in [-0.1, -0.05) is 23.7 Å². The summed E-state index contributed by atoms with van der Waals surface area (Å²) in [7, 11) is 0. The quantitative estimate of drug-likeness (QED) is 0.570. The van der Waals surface area contributed by atoms with E-state index in [1.165, 1.54) is 12.1 Å². The summed E-state index contributed by atoms with van der Waals surface area (Å²) in [4.78, 5) is 6.87. The molecule has 0 amide bonds. The van der Waals surface area contributed by atoms with Crippen LogP contribution >= 0.6 is 11.6 Å². The Morgan fingerprint density at radius 3 is 2.59 bits per heavy atom. The average Bonchev–Trinajstić information content (AvgIpc) is 3.13. The van der Waals surface area contributed by atoms with E-state index in [1.807, 2.05) is 24.5 Å². The zero-order chi connectivity index (χ0) is 20.3. The Balaban J connectivity index is 1.29. The molecule has 1 saturated heterocycles. The standard InChI is InChI=1S/C23H24ClFN4/c24-19-4-7-22-21(14-19)27-17-29(22)11-1-10-28-12-8-23(16-26,9-13-28)15-18-2-5-20(25)6-3-18/h2-7,14,17H,1,8-13,15H2. The van der Waals surface area contributed by atoms with E-state index in [1.54, 1.807) is 12.1 Å². The predicted octanol–water partition coefficient (Wildman–Crippen LogP) is 5.07. The number of aromatic nitrogens is 2. The number of rotatable bonds is 6. The third-order valence-electron chi connectivity index (χ3n) is 5.96. The predicted molar refractivity (Wildman–Crippen MR) is 113 cm³/mol. The molecule has 0 spiro atoms. The smallest absolute Gasteiger partial charge is 0.123 e. The maximum absolute atomic E-state index is 13.1. The molecule has 29 heavy (non-hydrogen) atoms. The second-order valence-corrected chi connectivity index (χ2v) is 8.40. The minimum atomic E-state index is -0.339. The van der Waals surface area contributed by atoms with E-state index in [0.29, 0.717) is 11.4 Å². The molecule has 150 valence electrons. The van der Waals surface area contributed by atoms with Crippen LogP contribution in [0.5, 0.6) is 0 Å². The lowest BCUT2D eigenvalue weighted by Gasteiger charge is -2.37. The molecule has 0 bridgehead atoms. The molecule has 0 radical (unpaired) electrons. The molecule has 2 aromatic carbocycles. The molecule has 2 heterocycles. The van der Waals surface area contributed by atoms with Gasteiger partial charge in [0.2, 0.25) is 0 Å². The number of imidazole rings is 1. The van der Waals surface area contributed by atoms with Crippen molar-refractivity contribution >= 4 is 22.6 Å². The van der Waals surface area contributed by atoms with E-state index in [2.05, 4.69) is 20.5 Å². The summed E-state index contributed by atoms with van der Waals surface area (Å²) in [5.74, 6) is -0.233. The van der Waals surface area contributed by atoms with Crippen molar-refractivity contribution in [2.45, 2.75) is 32.2 Å². The van der Waals surface area contributed by atoms with Crippen LogP contribution in [0.1, 0.15) is 24.8 Å². The number of aryl methyl sites for hydroxylation is 1. The first-order valence-corrected chi connectivity index (χ1v) is 10.4. The Kier molecular flexibility index (Phi) is 5.84. The molecule has 4 rings (SSSR count). The van der Waals surface area contributed by atoms with Gasteiger partial charge in [0.1, 0.15) is 5.82 Å². The van der Waals surface area contributed by atoms with Crippen molar-refractivity contribution in [3.8, 4) is 6.07 Å². The highest BCUT2D eigenvalue weighted by Gasteiger charge is 2.34. The van der Waals surface area contributed by atoms with Gasteiger partial charge < -0.3 is 9.47 Å². The highest BCUT2D eigenvalue weighted by Crippen LogP contribution is 2.34. The molecule has 3 aromatic rings. The molecule has 0 atom stereocenters. The summed E-state index contributed by atoms with van der Waals surface area (Å²) in [6.07, 6.45) is 5.31. The van der Waals surface area contributed by atoms with Crippen molar-refractivity contribution < 1.29 is 4.39 Å². The zero-order valence-corrected chi connectivity index (χ0v) is 17.1. The van der Waals surface area contributed by atoms with Gasteiger partial charge in [-0.2, -0.15) is 5.26 Å². The fourth-order valence-corrected chi connectivity index (χ4v) is 4.37. The second-order valence-electron chi connectivity index (χ2n) is 7.96. The summed E-state index contributed by atoms with van der Waals surface area (Å²) in [6, 6.07) is 14.9. The van der Waals surface area contributed by atoms with E-state index in [0.717, 1.165) is 62.0 Å². The lowest BCUT2D eigenvalue weighted by atomic mass is 9.75. The summed E-state index contributed by atoms with van der Waals surface area (Å²) < 4.78 is 15.3. The van der Waals surface area contributed by atoms with Gasteiger partial charge in [-0.25, -0.2) is 9.37 Å². The highest BCUT2D eigenvalue weighted by atomic mass is 35.5. The number of nitriles is 1. The van der Waals surface area contributed by atoms with Crippen molar-refractivity contribution in [1.82, 2.24) is 14.5 Å². The monoisotopic (exact) mass is 410 g/mol. The maximum atomic E-state index is 13.1. The van der Waals surface area contributed by atoms with Gasteiger partial charge in [0.25, 0.3) is 0 Å². The summed E-state index contributed by atoms with van der Waals surface area (Å²) in [5, 5.41) is 10.5. The average molecular weight is 411 g/mol. The largest absolute Gasteiger partial charge is 0.331 e. The van der Waals surface area contributed by atoms with E-state index >= 15 is 0 Å². The molecule has 6 heteroatoms. The van der Waals surface area contributed by atoms with Crippen LogP contribution in [0.25, 0.3) is 11.0 Å². The van der Waals surface area contributed by atoms with Crippen LogP contribution in [-0.4, -0.2) is 34.1 Å². The zero-order valence-electron chi connectivity index (χ0n) is 16.3. The van der Waals surface area contributed by atoms with Crippen molar-refractivity contribution in [2.75, 3.05) is 19.6 Å². The maximum Gasteiger partial charge on any atom is 0.123 e. The Bertz CT molecular complexity index is 1010.